The Balaban J connectivity index is 1.79. The fraction of sp³-hybridized carbons (Fsp3) is 0.429. The van der Waals surface area contributed by atoms with Crippen LogP contribution in [0.2, 0.25) is 0 Å². The fourth-order valence-electron chi connectivity index (χ4n) is 3.12. The number of fused-ring (bicyclic) bond motifs is 2. The lowest BCUT2D eigenvalue weighted by atomic mass is 9.93. The smallest absolute Gasteiger partial charge is 0.200 e. The van der Waals surface area contributed by atoms with Crippen molar-refractivity contribution in [3.63, 3.8) is 0 Å². The molecule has 0 spiro atoms. The molecule has 1 N–H and O–H groups in total. The molecule has 2 aliphatic carbocycles. The second-order valence-corrected chi connectivity index (χ2v) is 5.37. The maximum atomic E-state index is 13.5. The molecule has 2 bridgehead atoms. The summed E-state index contributed by atoms with van der Waals surface area (Å²) in [6.45, 7) is 0.198. The molecule has 1 fully saturated rings. The Morgan fingerprint density at radius 3 is 1.95 bits per heavy atom. The molecule has 3 unspecified atom stereocenters. The summed E-state index contributed by atoms with van der Waals surface area (Å²) in [5.74, 6) is -8.61. The molecule has 0 heterocycles. The molecule has 2 aliphatic rings. The van der Waals surface area contributed by atoms with Gasteiger partial charge in [0.05, 0.1) is 0 Å². The molecular weight excluding hydrogens is 277 g/mol. The van der Waals surface area contributed by atoms with Crippen molar-refractivity contribution >= 4 is 5.69 Å². The summed E-state index contributed by atoms with van der Waals surface area (Å²) in [7, 11) is 0. The topological polar surface area (TPSA) is 12.0 Å². The molecule has 1 aromatic rings. The molecule has 6 heteroatoms. The standard InChI is InChI=1S/C14H12F5N/c15-9-10(16)12(18)14(13(19)11(9)17)20-5-8-4-6-1-2-7(8)3-6/h1-2,6-8,20H,3-5H2. The minimum absolute atomic E-state index is 0.167. The van der Waals surface area contributed by atoms with E-state index in [1.165, 1.54) is 0 Å². The SMILES string of the molecule is Fc1c(F)c(F)c(NCC2CC3C=CC2C3)c(F)c1F. The van der Waals surface area contributed by atoms with Gasteiger partial charge in [-0.05, 0) is 30.6 Å². The highest BCUT2D eigenvalue weighted by Crippen LogP contribution is 2.43. The van der Waals surface area contributed by atoms with Crippen LogP contribution in [0.25, 0.3) is 0 Å². The molecule has 0 aliphatic heterocycles. The first-order valence-corrected chi connectivity index (χ1v) is 6.42. The van der Waals surface area contributed by atoms with Gasteiger partial charge in [0.2, 0.25) is 5.82 Å². The minimum atomic E-state index is -2.13. The first kappa shape index (κ1) is 13.4. The van der Waals surface area contributed by atoms with Gasteiger partial charge in [0.1, 0.15) is 5.69 Å². The van der Waals surface area contributed by atoms with Gasteiger partial charge in [-0.3, -0.25) is 0 Å². The first-order chi connectivity index (χ1) is 9.49. The maximum absolute atomic E-state index is 13.5. The zero-order chi connectivity index (χ0) is 14.4. The largest absolute Gasteiger partial charge is 0.380 e. The van der Waals surface area contributed by atoms with E-state index in [2.05, 4.69) is 17.5 Å². The summed E-state index contributed by atoms with van der Waals surface area (Å²) < 4.78 is 65.9. The van der Waals surface area contributed by atoms with E-state index in [9.17, 15) is 22.0 Å². The number of nitrogens with one attached hydrogen (secondary N) is 1. The third-order valence-electron chi connectivity index (χ3n) is 4.17. The summed E-state index contributed by atoms with van der Waals surface area (Å²) in [5, 5.41) is 2.39. The van der Waals surface area contributed by atoms with E-state index in [0.29, 0.717) is 11.8 Å². The summed E-state index contributed by atoms with van der Waals surface area (Å²) in [5.41, 5.74) is -0.937. The predicted octanol–water partition coefficient (Wildman–Crippen LogP) is 4.01. The van der Waals surface area contributed by atoms with Crippen LogP contribution in [-0.2, 0) is 0 Å². The molecule has 0 amide bonds. The van der Waals surface area contributed by atoms with E-state index in [-0.39, 0.29) is 12.5 Å². The highest BCUT2D eigenvalue weighted by Gasteiger charge is 2.36. The van der Waals surface area contributed by atoms with Gasteiger partial charge >= 0.3 is 0 Å². The second-order valence-electron chi connectivity index (χ2n) is 5.37. The molecule has 0 aromatic heterocycles. The van der Waals surface area contributed by atoms with Crippen molar-refractivity contribution in [3.05, 3.63) is 41.2 Å². The second kappa shape index (κ2) is 4.75. The molecule has 3 rings (SSSR count). The maximum Gasteiger partial charge on any atom is 0.200 e. The minimum Gasteiger partial charge on any atom is -0.380 e. The van der Waals surface area contributed by atoms with Crippen LogP contribution in [0.15, 0.2) is 12.2 Å². The van der Waals surface area contributed by atoms with Gasteiger partial charge in [-0.25, -0.2) is 22.0 Å². The van der Waals surface area contributed by atoms with Crippen molar-refractivity contribution in [2.24, 2.45) is 17.8 Å². The van der Waals surface area contributed by atoms with E-state index in [1.54, 1.807) is 0 Å². The Hall–Kier alpha value is -1.59. The number of rotatable bonds is 3. The van der Waals surface area contributed by atoms with Crippen LogP contribution in [-0.4, -0.2) is 6.54 Å². The Morgan fingerprint density at radius 1 is 0.850 bits per heavy atom. The monoisotopic (exact) mass is 289 g/mol. The number of halogens is 5. The summed E-state index contributed by atoms with van der Waals surface area (Å²) in [4.78, 5) is 0. The lowest BCUT2D eigenvalue weighted by Gasteiger charge is -2.20. The number of hydrogen-bond acceptors (Lipinski definition) is 1. The molecular formula is C14H12F5N. The van der Waals surface area contributed by atoms with Gasteiger partial charge in [0.25, 0.3) is 0 Å². The third kappa shape index (κ3) is 1.98. The van der Waals surface area contributed by atoms with E-state index < -0.39 is 34.8 Å². The van der Waals surface area contributed by atoms with Gasteiger partial charge in [0.15, 0.2) is 23.3 Å². The molecule has 1 saturated carbocycles. The van der Waals surface area contributed by atoms with Crippen molar-refractivity contribution in [2.75, 3.05) is 11.9 Å². The molecule has 0 saturated heterocycles. The van der Waals surface area contributed by atoms with E-state index >= 15 is 0 Å². The van der Waals surface area contributed by atoms with Crippen molar-refractivity contribution in [3.8, 4) is 0 Å². The van der Waals surface area contributed by atoms with Crippen LogP contribution >= 0.6 is 0 Å². The summed E-state index contributed by atoms with van der Waals surface area (Å²) in [6, 6.07) is 0. The van der Waals surface area contributed by atoms with Crippen LogP contribution < -0.4 is 5.32 Å². The Morgan fingerprint density at radius 2 is 1.45 bits per heavy atom. The lowest BCUT2D eigenvalue weighted by Crippen LogP contribution is -2.20. The number of allylic oxidation sites excluding steroid dienone is 2. The number of anilines is 1. The van der Waals surface area contributed by atoms with Gasteiger partial charge in [-0.1, -0.05) is 12.2 Å². The Labute approximate surface area is 112 Å². The predicted molar refractivity (Wildman–Crippen MR) is 63.6 cm³/mol. The zero-order valence-electron chi connectivity index (χ0n) is 10.4. The molecule has 1 nitrogen and oxygen atoms in total. The van der Waals surface area contributed by atoms with Crippen LogP contribution in [0, 0.1) is 46.8 Å². The molecule has 0 radical (unpaired) electrons. The van der Waals surface area contributed by atoms with Crippen LogP contribution in [0.5, 0.6) is 0 Å². The number of benzene rings is 1. The van der Waals surface area contributed by atoms with Crippen LogP contribution in [0.4, 0.5) is 27.6 Å². The quantitative estimate of drug-likeness (QED) is 0.384. The average Bonchev–Trinajstić information content (AvgIpc) is 3.05. The Bertz CT molecular complexity index is 554. The van der Waals surface area contributed by atoms with Crippen molar-refractivity contribution < 1.29 is 22.0 Å². The van der Waals surface area contributed by atoms with E-state index in [4.69, 9.17) is 0 Å². The average molecular weight is 289 g/mol. The molecule has 20 heavy (non-hydrogen) atoms. The van der Waals surface area contributed by atoms with E-state index in [0.717, 1.165) is 12.8 Å². The summed E-state index contributed by atoms with van der Waals surface area (Å²) in [6.07, 6.45) is 6.05. The normalized spacial score (nSPS) is 27.4. The highest BCUT2D eigenvalue weighted by atomic mass is 19.2. The highest BCUT2D eigenvalue weighted by molar-refractivity contribution is 5.47. The zero-order valence-corrected chi connectivity index (χ0v) is 10.4. The molecule has 1 aromatic carbocycles. The number of hydrogen-bond donors (Lipinski definition) is 1. The third-order valence-corrected chi connectivity index (χ3v) is 4.17. The Kier molecular flexibility index (Phi) is 3.18. The van der Waals surface area contributed by atoms with Crippen LogP contribution in [0.3, 0.4) is 0 Å². The van der Waals surface area contributed by atoms with Crippen molar-refractivity contribution in [1.82, 2.24) is 0 Å². The van der Waals surface area contributed by atoms with Crippen molar-refractivity contribution in [2.45, 2.75) is 12.8 Å². The van der Waals surface area contributed by atoms with Gasteiger partial charge in [-0.15, -0.1) is 0 Å². The fourth-order valence-corrected chi connectivity index (χ4v) is 3.12. The summed E-state index contributed by atoms with van der Waals surface area (Å²) >= 11 is 0. The molecule has 3 atom stereocenters. The van der Waals surface area contributed by atoms with Crippen LogP contribution in [0.1, 0.15) is 12.8 Å². The van der Waals surface area contributed by atoms with Gasteiger partial charge < -0.3 is 5.32 Å². The lowest BCUT2D eigenvalue weighted by molar-refractivity contribution is 0.380. The van der Waals surface area contributed by atoms with Crippen molar-refractivity contribution in [1.29, 1.82) is 0 Å². The van der Waals surface area contributed by atoms with E-state index in [1.807, 2.05) is 0 Å². The molecule has 108 valence electrons. The first-order valence-electron chi connectivity index (χ1n) is 6.42. The van der Waals surface area contributed by atoms with Gasteiger partial charge in [0, 0.05) is 6.54 Å². The van der Waals surface area contributed by atoms with Gasteiger partial charge in [-0.2, -0.15) is 0 Å².